The van der Waals surface area contributed by atoms with Crippen molar-refractivity contribution in [1.82, 2.24) is 10.6 Å². The highest BCUT2D eigenvalue weighted by atomic mass is 79.9. The van der Waals surface area contributed by atoms with E-state index in [2.05, 4.69) is 31.9 Å². The van der Waals surface area contributed by atoms with Crippen molar-refractivity contribution in [3.05, 3.63) is 28.2 Å². The van der Waals surface area contributed by atoms with Crippen LogP contribution in [0.3, 0.4) is 0 Å². The smallest absolute Gasteiger partial charge is 0.321 e. The molecule has 1 unspecified atom stereocenters. The molecule has 1 fully saturated rings. The quantitative estimate of drug-likeness (QED) is 0.764. The molecule has 0 aromatic heterocycles. The van der Waals surface area contributed by atoms with E-state index >= 15 is 0 Å². The molecule has 5 nitrogen and oxygen atoms in total. The molecule has 1 aromatic carbocycles. The fourth-order valence-corrected chi connectivity index (χ4v) is 2.81. The summed E-state index contributed by atoms with van der Waals surface area (Å²) in [5.41, 5.74) is 1.93. The molecule has 0 saturated heterocycles. The fraction of sp³-hybridized carbons (Fsp3) is 0.500. The van der Waals surface area contributed by atoms with Crippen molar-refractivity contribution >= 4 is 33.6 Å². The molecule has 2 rings (SSSR count). The van der Waals surface area contributed by atoms with Gasteiger partial charge in [-0.3, -0.25) is 10.1 Å². The minimum Gasteiger partial charge on any atom is -0.374 e. The number of hydrogen-bond acceptors (Lipinski definition) is 3. The highest BCUT2D eigenvalue weighted by molar-refractivity contribution is 9.10. The highest BCUT2D eigenvalue weighted by Gasteiger charge is 2.20. The molecule has 0 radical (unpaired) electrons. The molecule has 1 saturated carbocycles. The Hall–Kier alpha value is -1.56. The van der Waals surface area contributed by atoms with Gasteiger partial charge in [-0.1, -0.05) is 28.8 Å². The molecule has 1 aliphatic rings. The Morgan fingerprint density at radius 3 is 2.59 bits per heavy atom. The van der Waals surface area contributed by atoms with Gasteiger partial charge in [0.15, 0.2) is 0 Å². The Balaban J connectivity index is 1.83. The van der Waals surface area contributed by atoms with Crippen LogP contribution in [0.25, 0.3) is 0 Å². The third-order valence-corrected chi connectivity index (χ3v) is 4.75. The number of amides is 3. The predicted molar refractivity (Wildman–Crippen MR) is 90.9 cm³/mol. The summed E-state index contributed by atoms with van der Waals surface area (Å²) in [4.78, 5) is 23.8. The number of hydrogen-bond donors (Lipinski definition) is 3. The Morgan fingerprint density at radius 1 is 1.27 bits per heavy atom. The maximum Gasteiger partial charge on any atom is 0.321 e. The second kappa shape index (κ2) is 7.63. The number of anilines is 1. The van der Waals surface area contributed by atoms with Gasteiger partial charge in [0, 0.05) is 16.2 Å². The van der Waals surface area contributed by atoms with Crippen LogP contribution in [0.2, 0.25) is 0 Å². The molecule has 120 valence electrons. The molecule has 0 aliphatic heterocycles. The van der Waals surface area contributed by atoms with E-state index in [1.165, 1.54) is 0 Å². The van der Waals surface area contributed by atoms with Gasteiger partial charge in [-0.2, -0.15) is 0 Å². The van der Waals surface area contributed by atoms with E-state index in [0.29, 0.717) is 0 Å². The minimum atomic E-state index is -0.491. The Kier molecular flexibility index (Phi) is 5.83. The van der Waals surface area contributed by atoms with Crippen LogP contribution in [0.5, 0.6) is 0 Å². The van der Waals surface area contributed by atoms with Gasteiger partial charge in [0.1, 0.15) is 6.04 Å². The normalized spacial score (nSPS) is 16.1. The van der Waals surface area contributed by atoms with E-state index in [9.17, 15) is 9.59 Å². The van der Waals surface area contributed by atoms with Crippen molar-refractivity contribution in [2.75, 3.05) is 5.32 Å². The van der Waals surface area contributed by atoms with Crippen molar-refractivity contribution in [2.45, 2.75) is 51.6 Å². The number of halogens is 1. The van der Waals surface area contributed by atoms with E-state index in [4.69, 9.17) is 0 Å². The molecule has 1 aliphatic carbocycles. The zero-order chi connectivity index (χ0) is 16.1. The molecule has 0 spiro atoms. The highest BCUT2D eigenvalue weighted by Crippen LogP contribution is 2.20. The number of aryl methyl sites for hydroxylation is 1. The standard InChI is InChI=1S/C16H22BrN3O2/c1-10-9-13(7-8-14(10)17)18-11(2)15(21)20-16(22)19-12-5-3-4-6-12/h7-9,11-12,18H,3-6H2,1-2H3,(H2,19,20,21,22). The maximum atomic E-state index is 12.0. The summed E-state index contributed by atoms with van der Waals surface area (Å²) >= 11 is 3.44. The fourth-order valence-electron chi connectivity index (χ4n) is 2.56. The summed E-state index contributed by atoms with van der Waals surface area (Å²) in [5.74, 6) is -0.337. The number of imide groups is 1. The number of carbonyl (C=O) groups excluding carboxylic acids is 2. The average Bonchev–Trinajstić information content (AvgIpc) is 2.95. The van der Waals surface area contributed by atoms with E-state index in [1.54, 1.807) is 6.92 Å². The van der Waals surface area contributed by atoms with Gasteiger partial charge in [-0.05, 0) is 50.5 Å². The molecule has 0 heterocycles. The maximum absolute atomic E-state index is 12.0. The average molecular weight is 368 g/mol. The van der Waals surface area contributed by atoms with Gasteiger partial charge in [-0.25, -0.2) is 4.79 Å². The van der Waals surface area contributed by atoms with Gasteiger partial charge >= 0.3 is 6.03 Å². The molecule has 0 bridgehead atoms. The summed E-state index contributed by atoms with van der Waals surface area (Å²) in [6.45, 7) is 3.71. The predicted octanol–water partition coefficient (Wildman–Crippen LogP) is 3.33. The topological polar surface area (TPSA) is 70.2 Å². The lowest BCUT2D eigenvalue weighted by Crippen LogP contribution is -2.48. The first-order chi connectivity index (χ1) is 10.5. The van der Waals surface area contributed by atoms with Gasteiger partial charge in [0.05, 0.1) is 0 Å². The number of nitrogens with one attached hydrogen (secondary N) is 3. The van der Waals surface area contributed by atoms with Crippen molar-refractivity contribution in [3.63, 3.8) is 0 Å². The van der Waals surface area contributed by atoms with Crippen molar-refractivity contribution in [1.29, 1.82) is 0 Å². The molecular formula is C16H22BrN3O2. The number of urea groups is 1. The number of carbonyl (C=O) groups is 2. The lowest BCUT2D eigenvalue weighted by Gasteiger charge is -2.17. The largest absolute Gasteiger partial charge is 0.374 e. The Labute approximate surface area is 139 Å². The first-order valence-electron chi connectivity index (χ1n) is 7.60. The van der Waals surface area contributed by atoms with Crippen LogP contribution in [0.15, 0.2) is 22.7 Å². The van der Waals surface area contributed by atoms with E-state index in [-0.39, 0.29) is 11.9 Å². The third-order valence-electron chi connectivity index (χ3n) is 3.86. The summed E-state index contributed by atoms with van der Waals surface area (Å²) in [6, 6.07) is 5.07. The van der Waals surface area contributed by atoms with Gasteiger partial charge in [-0.15, -0.1) is 0 Å². The van der Waals surface area contributed by atoms with Gasteiger partial charge in [0.25, 0.3) is 0 Å². The molecule has 3 N–H and O–H groups in total. The monoisotopic (exact) mass is 367 g/mol. The molecular weight excluding hydrogens is 346 g/mol. The zero-order valence-corrected chi connectivity index (χ0v) is 14.5. The Morgan fingerprint density at radius 2 is 1.95 bits per heavy atom. The first kappa shape index (κ1) is 16.8. The second-order valence-electron chi connectivity index (χ2n) is 5.77. The van der Waals surface area contributed by atoms with Crippen molar-refractivity contribution < 1.29 is 9.59 Å². The van der Waals surface area contributed by atoms with Crippen LogP contribution in [-0.4, -0.2) is 24.0 Å². The first-order valence-corrected chi connectivity index (χ1v) is 8.39. The second-order valence-corrected chi connectivity index (χ2v) is 6.63. The summed E-state index contributed by atoms with van der Waals surface area (Å²) in [6.07, 6.45) is 4.26. The summed E-state index contributed by atoms with van der Waals surface area (Å²) in [5, 5.41) is 8.33. The molecule has 22 heavy (non-hydrogen) atoms. The van der Waals surface area contributed by atoms with Crippen LogP contribution in [-0.2, 0) is 4.79 Å². The lowest BCUT2D eigenvalue weighted by molar-refractivity contribution is -0.120. The number of rotatable bonds is 4. The van der Waals surface area contributed by atoms with Crippen LogP contribution < -0.4 is 16.0 Å². The van der Waals surface area contributed by atoms with Crippen LogP contribution >= 0.6 is 15.9 Å². The third kappa shape index (κ3) is 4.73. The van der Waals surface area contributed by atoms with Crippen molar-refractivity contribution in [2.24, 2.45) is 0 Å². The van der Waals surface area contributed by atoms with Crippen LogP contribution in [0, 0.1) is 6.92 Å². The Bertz CT molecular complexity index is 556. The van der Waals surface area contributed by atoms with Crippen LogP contribution in [0.1, 0.15) is 38.2 Å². The minimum absolute atomic E-state index is 0.199. The number of benzene rings is 1. The van der Waals surface area contributed by atoms with Crippen molar-refractivity contribution in [3.8, 4) is 0 Å². The van der Waals surface area contributed by atoms with Crippen LogP contribution in [0.4, 0.5) is 10.5 Å². The van der Waals surface area contributed by atoms with Gasteiger partial charge in [0.2, 0.25) is 5.91 Å². The molecule has 1 atom stereocenters. The van der Waals surface area contributed by atoms with E-state index < -0.39 is 12.1 Å². The van der Waals surface area contributed by atoms with Gasteiger partial charge < -0.3 is 10.6 Å². The lowest BCUT2D eigenvalue weighted by atomic mass is 10.2. The molecule has 6 heteroatoms. The zero-order valence-electron chi connectivity index (χ0n) is 12.9. The van der Waals surface area contributed by atoms with E-state index in [0.717, 1.165) is 41.4 Å². The molecule has 3 amide bonds. The molecule has 1 aromatic rings. The van der Waals surface area contributed by atoms with E-state index in [1.807, 2.05) is 25.1 Å². The summed E-state index contributed by atoms with van der Waals surface area (Å²) < 4.78 is 1.02. The summed E-state index contributed by atoms with van der Waals surface area (Å²) in [7, 11) is 0. The SMILES string of the molecule is Cc1cc(NC(C)C(=O)NC(=O)NC2CCCC2)ccc1Br.